The molecular formula is C14H29B. The normalized spacial score (nSPS) is 23.9. The molecule has 0 saturated carbocycles. The second kappa shape index (κ2) is 6.61. The highest BCUT2D eigenvalue weighted by atomic mass is 14.3. The average molecular weight is 208 g/mol. The van der Waals surface area contributed by atoms with Crippen molar-refractivity contribution in [2.75, 3.05) is 0 Å². The second-order valence-electron chi connectivity index (χ2n) is 5.68. The van der Waals surface area contributed by atoms with Crippen LogP contribution in [0.15, 0.2) is 0 Å². The standard InChI is InChI=1S/C14H29B/c1-8-9(2)10(3)11(4)12(5)13(6)14(7)15/h9-14H,8H2,1-7H3. The van der Waals surface area contributed by atoms with Gasteiger partial charge < -0.3 is 0 Å². The van der Waals surface area contributed by atoms with Crippen LogP contribution in [0.5, 0.6) is 0 Å². The van der Waals surface area contributed by atoms with Gasteiger partial charge in [-0.25, -0.2) is 0 Å². The van der Waals surface area contributed by atoms with Gasteiger partial charge in [0, 0.05) is 0 Å². The highest BCUT2D eigenvalue weighted by Crippen LogP contribution is 2.35. The van der Waals surface area contributed by atoms with Gasteiger partial charge in [-0.3, -0.25) is 0 Å². The summed E-state index contributed by atoms with van der Waals surface area (Å²) in [5.41, 5.74) is 0. The molecule has 0 aromatic rings. The zero-order valence-corrected chi connectivity index (χ0v) is 11.7. The predicted molar refractivity (Wildman–Crippen MR) is 71.3 cm³/mol. The monoisotopic (exact) mass is 208 g/mol. The van der Waals surface area contributed by atoms with Crippen LogP contribution >= 0.6 is 0 Å². The van der Waals surface area contributed by atoms with Gasteiger partial charge in [0.05, 0.1) is 7.85 Å². The molecule has 0 aromatic heterocycles. The van der Waals surface area contributed by atoms with Crippen molar-refractivity contribution < 1.29 is 0 Å². The van der Waals surface area contributed by atoms with E-state index in [1.807, 2.05) is 0 Å². The Labute approximate surface area is 98.6 Å². The molecule has 0 aliphatic carbocycles. The first-order valence-corrected chi connectivity index (χ1v) is 6.58. The second-order valence-corrected chi connectivity index (χ2v) is 5.68. The van der Waals surface area contributed by atoms with Crippen LogP contribution in [0.3, 0.4) is 0 Å². The highest BCUT2D eigenvalue weighted by molar-refractivity contribution is 6.11. The van der Waals surface area contributed by atoms with E-state index in [-0.39, 0.29) is 0 Å². The molecule has 2 radical (unpaired) electrons. The minimum atomic E-state index is 0.312. The van der Waals surface area contributed by atoms with Gasteiger partial charge in [-0.1, -0.05) is 60.7 Å². The molecule has 0 nitrogen and oxygen atoms in total. The van der Waals surface area contributed by atoms with E-state index in [9.17, 15) is 0 Å². The molecular weight excluding hydrogens is 179 g/mol. The van der Waals surface area contributed by atoms with E-state index in [1.54, 1.807) is 0 Å². The van der Waals surface area contributed by atoms with E-state index in [1.165, 1.54) is 6.42 Å². The number of rotatable bonds is 6. The smallest absolute Gasteiger partial charge is 0.0699 e. The largest absolute Gasteiger partial charge is 0.0774 e. The summed E-state index contributed by atoms with van der Waals surface area (Å²) in [6.07, 6.45) is 1.28. The van der Waals surface area contributed by atoms with Crippen LogP contribution in [0.25, 0.3) is 0 Å². The molecule has 0 aromatic carbocycles. The average Bonchev–Trinajstić information content (AvgIpc) is 2.23. The Morgan fingerprint density at radius 2 is 1.13 bits per heavy atom. The van der Waals surface area contributed by atoms with E-state index in [2.05, 4.69) is 48.5 Å². The fraction of sp³-hybridized carbons (Fsp3) is 1.00. The van der Waals surface area contributed by atoms with E-state index < -0.39 is 0 Å². The van der Waals surface area contributed by atoms with Crippen molar-refractivity contribution in [3.05, 3.63) is 0 Å². The van der Waals surface area contributed by atoms with Crippen LogP contribution in [0.2, 0.25) is 5.82 Å². The SMILES string of the molecule is [B]C(C)C(C)C(C)C(C)C(C)C(C)CC. The molecule has 0 heterocycles. The molecule has 6 unspecified atom stereocenters. The van der Waals surface area contributed by atoms with Crippen LogP contribution in [0, 0.1) is 29.6 Å². The lowest BCUT2D eigenvalue weighted by atomic mass is 9.66. The Balaban J connectivity index is 4.36. The van der Waals surface area contributed by atoms with Crippen molar-refractivity contribution in [1.82, 2.24) is 0 Å². The first kappa shape index (κ1) is 15.1. The Hall–Kier alpha value is 0.0649. The lowest BCUT2D eigenvalue weighted by Gasteiger charge is -2.35. The molecule has 0 rings (SSSR count). The van der Waals surface area contributed by atoms with Crippen LogP contribution < -0.4 is 0 Å². The molecule has 0 amide bonds. The third-order valence-corrected chi connectivity index (χ3v) is 4.86. The maximum absolute atomic E-state index is 5.98. The molecule has 0 bridgehead atoms. The molecule has 6 atom stereocenters. The van der Waals surface area contributed by atoms with Gasteiger partial charge in [0.25, 0.3) is 0 Å². The van der Waals surface area contributed by atoms with Gasteiger partial charge in [0.2, 0.25) is 0 Å². The molecule has 0 aliphatic rings. The Morgan fingerprint density at radius 3 is 1.47 bits per heavy atom. The van der Waals surface area contributed by atoms with Gasteiger partial charge in [-0.2, -0.15) is 0 Å². The van der Waals surface area contributed by atoms with Crippen molar-refractivity contribution in [2.45, 2.75) is 60.7 Å². The molecule has 0 N–H and O–H groups in total. The third kappa shape index (κ3) is 4.21. The Kier molecular flexibility index (Phi) is 6.63. The van der Waals surface area contributed by atoms with Crippen molar-refractivity contribution >= 4 is 7.85 Å². The number of hydrogen-bond acceptors (Lipinski definition) is 0. The van der Waals surface area contributed by atoms with Crippen molar-refractivity contribution in [3.63, 3.8) is 0 Å². The first-order chi connectivity index (χ1) is 6.82. The predicted octanol–water partition coefficient (Wildman–Crippen LogP) is 4.55. The summed E-state index contributed by atoms with van der Waals surface area (Å²) in [6, 6.07) is 0. The molecule has 88 valence electrons. The molecule has 0 fully saturated rings. The molecule has 0 saturated heterocycles. The van der Waals surface area contributed by atoms with Crippen molar-refractivity contribution in [3.8, 4) is 0 Å². The van der Waals surface area contributed by atoms with Crippen molar-refractivity contribution in [1.29, 1.82) is 0 Å². The fourth-order valence-electron chi connectivity index (χ4n) is 2.33. The maximum Gasteiger partial charge on any atom is 0.0699 e. The third-order valence-electron chi connectivity index (χ3n) is 4.86. The lowest BCUT2D eigenvalue weighted by Crippen LogP contribution is -2.27. The van der Waals surface area contributed by atoms with E-state index in [0.717, 1.165) is 17.8 Å². The summed E-state index contributed by atoms with van der Waals surface area (Å²) in [5.74, 6) is 4.03. The quantitative estimate of drug-likeness (QED) is 0.561. The minimum absolute atomic E-state index is 0.312. The van der Waals surface area contributed by atoms with Gasteiger partial charge in [-0.15, -0.1) is 0 Å². The maximum atomic E-state index is 5.98. The Morgan fingerprint density at radius 1 is 0.733 bits per heavy atom. The first-order valence-electron chi connectivity index (χ1n) is 6.58. The molecule has 1 heteroatoms. The van der Waals surface area contributed by atoms with Crippen LogP contribution in [-0.2, 0) is 0 Å². The van der Waals surface area contributed by atoms with Gasteiger partial charge in [0.1, 0.15) is 0 Å². The van der Waals surface area contributed by atoms with E-state index >= 15 is 0 Å². The van der Waals surface area contributed by atoms with Crippen LogP contribution in [-0.4, -0.2) is 7.85 Å². The summed E-state index contributed by atoms with van der Waals surface area (Å²) >= 11 is 0. The van der Waals surface area contributed by atoms with Gasteiger partial charge in [0.15, 0.2) is 0 Å². The summed E-state index contributed by atoms with van der Waals surface area (Å²) < 4.78 is 0. The van der Waals surface area contributed by atoms with E-state index in [0.29, 0.717) is 17.7 Å². The summed E-state index contributed by atoms with van der Waals surface area (Å²) in [7, 11) is 5.98. The summed E-state index contributed by atoms with van der Waals surface area (Å²) in [6.45, 7) is 16.2. The van der Waals surface area contributed by atoms with Gasteiger partial charge in [-0.05, 0) is 29.6 Å². The van der Waals surface area contributed by atoms with Crippen LogP contribution in [0.4, 0.5) is 0 Å². The summed E-state index contributed by atoms with van der Waals surface area (Å²) in [5, 5.41) is 0. The van der Waals surface area contributed by atoms with Crippen molar-refractivity contribution in [2.24, 2.45) is 29.6 Å². The lowest BCUT2D eigenvalue weighted by molar-refractivity contribution is 0.164. The zero-order valence-electron chi connectivity index (χ0n) is 11.7. The fourth-order valence-corrected chi connectivity index (χ4v) is 2.33. The molecule has 15 heavy (non-hydrogen) atoms. The molecule has 0 aliphatic heterocycles. The number of hydrogen-bond donors (Lipinski definition) is 0. The summed E-state index contributed by atoms with van der Waals surface area (Å²) in [4.78, 5) is 0. The minimum Gasteiger partial charge on any atom is -0.0774 e. The molecule has 0 spiro atoms. The van der Waals surface area contributed by atoms with Crippen LogP contribution in [0.1, 0.15) is 54.9 Å². The highest BCUT2D eigenvalue weighted by Gasteiger charge is 2.27. The zero-order chi connectivity index (χ0) is 12.2. The van der Waals surface area contributed by atoms with E-state index in [4.69, 9.17) is 7.85 Å². The topological polar surface area (TPSA) is 0 Å². The van der Waals surface area contributed by atoms with Gasteiger partial charge >= 0.3 is 0 Å². The Bertz CT molecular complexity index is 165.